The highest BCUT2D eigenvalue weighted by atomic mass is 19.1. The van der Waals surface area contributed by atoms with Gasteiger partial charge in [0, 0.05) is 33.3 Å². The zero-order valence-electron chi connectivity index (χ0n) is 14.0. The van der Waals surface area contributed by atoms with Crippen molar-refractivity contribution in [2.75, 3.05) is 39.9 Å². The van der Waals surface area contributed by atoms with Crippen LogP contribution in [-0.2, 0) is 14.3 Å². The van der Waals surface area contributed by atoms with Crippen molar-refractivity contribution >= 4 is 11.8 Å². The van der Waals surface area contributed by atoms with E-state index < -0.39 is 5.67 Å². The van der Waals surface area contributed by atoms with E-state index in [2.05, 4.69) is 0 Å². The number of likely N-dealkylation sites (tertiary alicyclic amines) is 2. The molecule has 1 aliphatic carbocycles. The van der Waals surface area contributed by atoms with Gasteiger partial charge in [0.2, 0.25) is 5.91 Å². The van der Waals surface area contributed by atoms with Gasteiger partial charge < -0.3 is 14.5 Å². The van der Waals surface area contributed by atoms with Crippen LogP contribution >= 0.6 is 0 Å². The lowest BCUT2D eigenvalue weighted by molar-refractivity contribution is -0.150. The van der Waals surface area contributed by atoms with Gasteiger partial charge in [0.15, 0.2) is 5.67 Å². The Kier molecular flexibility index (Phi) is 4.63. The summed E-state index contributed by atoms with van der Waals surface area (Å²) in [4.78, 5) is 28.7. The number of nitrogens with zero attached hydrogens (tertiary/aromatic N) is 2. The van der Waals surface area contributed by atoms with Crippen LogP contribution < -0.4 is 0 Å². The van der Waals surface area contributed by atoms with Gasteiger partial charge in [-0.1, -0.05) is 0 Å². The van der Waals surface area contributed by atoms with Crippen LogP contribution in [0.4, 0.5) is 4.39 Å². The maximum absolute atomic E-state index is 14.4. The lowest BCUT2D eigenvalue weighted by atomic mass is 9.79. The van der Waals surface area contributed by atoms with Crippen molar-refractivity contribution in [1.82, 2.24) is 9.80 Å². The number of rotatable bonds is 4. The predicted molar refractivity (Wildman–Crippen MR) is 83.6 cm³/mol. The maximum Gasteiger partial charge on any atom is 0.260 e. The van der Waals surface area contributed by atoms with Crippen LogP contribution in [0.5, 0.6) is 0 Å². The van der Waals surface area contributed by atoms with E-state index in [1.807, 2.05) is 4.90 Å². The summed E-state index contributed by atoms with van der Waals surface area (Å²) in [6.45, 7) is 3.04. The molecule has 0 aromatic heterocycles. The first kappa shape index (κ1) is 16.7. The number of ether oxygens (including phenoxy) is 1. The molecule has 2 amide bonds. The molecular weight excluding hydrogens is 299 g/mol. The number of carbonyl (C=O) groups excluding carboxylic acids is 2. The Morgan fingerprint density at radius 3 is 2.52 bits per heavy atom. The molecule has 3 aliphatic rings. The molecule has 130 valence electrons. The van der Waals surface area contributed by atoms with Crippen molar-refractivity contribution in [1.29, 1.82) is 0 Å². The van der Waals surface area contributed by atoms with E-state index in [0.717, 1.165) is 32.2 Å². The molecule has 23 heavy (non-hydrogen) atoms. The first-order valence-corrected chi connectivity index (χ1v) is 8.77. The minimum Gasteiger partial charge on any atom is -0.383 e. The molecule has 3 rings (SSSR count). The number of halogens is 1. The number of methoxy groups -OCH3 is 1. The third kappa shape index (κ3) is 2.97. The minimum atomic E-state index is -1.62. The van der Waals surface area contributed by atoms with Crippen LogP contribution in [0.2, 0.25) is 0 Å². The second-order valence-electron chi connectivity index (χ2n) is 7.28. The number of alkyl halides is 1. The molecule has 6 heteroatoms. The number of hydrogen-bond donors (Lipinski definition) is 0. The SMILES string of the molecule is COCCN1CCC2(CCCN(C(=O)C3(F)CCC3)CC2)C1=O. The van der Waals surface area contributed by atoms with Crippen LogP contribution in [0.3, 0.4) is 0 Å². The maximum atomic E-state index is 14.4. The molecule has 0 radical (unpaired) electrons. The summed E-state index contributed by atoms with van der Waals surface area (Å²) in [6, 6.07) is 0. The van der Waals surface area contributed by atoms with Crippen molar-refractivity contribution in [3.63, 3.8) is 0 Å². The summed E-state index contributed by atoms with van der Waals surface area (Å²) in [5, 5.41) is 0. The number of hydrogen-bond acceptors (Lipinski definition) is 3. The zero-order valence-corrected chi connectivity index (χ0v) is 14.0. The monoisotopic (exact) mass is 326 g/mol. The van der Waals surface area contributed by atoms with Gasteiger partial charge in [0.05, 0.1) is 12.0 Å². The smallest absolute Gasteiger partial charge is 0.260 e. The summed E-state index contributed by atoms with van der Waals surface area (Å²) in [5.41, 5.74) is -1.96. The molecule has 2 saturated heterocycles. The molecule has 0 aromatic rings. The normalized spacial score (nSPS) is 30.4. The van der Waals surface area contributed by atoms with E-state index in [1.54, 1.807) is 12.0 Å². The summed E-state index contributed by atoms with van der Waals surface area (Å²) in [6.07, 6.45) is 4.61. The summed E-state index contributed by atoms with van der Waals surface area (Å²) in [5.74, 6) is -0.148. The van der Waals surface area contributed by atoms with E-state index in [0.29, 0.717) is 45.5 Å². The molecule has 1 unspecified atom stereocenters. The van der Waals surface area contributed by atoms with Gasteiger partial charge in [-0.2, -0.15) is 0 Å². The molecule has 1 atom stereocenters. The quantitative estimate of drug-likeness (QED) is 0.791. The summed E-state index contributed by atoms with van der Waals surface area (Å²) < 4.78 is 19.5. The Hall–Kier alpha value is -1.17. The zero-order chi connectivity index (χ0) is 16.5. The van der Waals surface area contributed by atoms with E-state index in [-0.39, 0.29) is 17.2 Å². The van der Waals surface area contributed by atoms with Gasteiger partial charge in [0.1, 0.15) is 0 Å². The standard InChI is InChI=1S/C17H27FN2O3/c1-23-13-12-20-11-8-16(14(20)21)4-3-9-19(10-7-16)15(22)17(18)5-2-6-17/h2-13H2,1H3. The molecule has 2 heterocycles. The van der Waals surface area contributed by atoms with Crippen molar-refractivity contribution in [3.8, 4) is 0 Å². The van der Waals surface area contributed by atoms with Crippen LogP contribution in [-0.4, -0.2) is 67.2 Å². The number of amides is 2. The fourth-order valence-corrected chi connectivity index (χ4v) is 4.15. The molecular formula is C17H27FN2O3. The van der Waals surface area contributed by atoms with Gasteiger partial charge in [-0.15, -0.1) is 0 Å². The predicted octanol–water partition coefficient (Wildman–Crippen LogP) is 1.76. The summed E-state index contributed by atoms with van der Waals surface area (Å²) >= 11 is 0. The topological polar surface area (TPSA) is 49.9 Å². The molecule has 0 bridgehead atoms. The minimum absolute atomic E-state index is 0.197. The van der Waals surface area contributed by atoms with E-state index in [4.69, 9.17) is 4.74 Å². The van der Waals surface area contributed by atoms with Gasteiger partial charge >= 0.3 is 0 Å². The second-order valence-corrected chi connectivity index (χ2v) is 7.28. The van der Waals surface area contributed by atoms with Crippen LogP contribution in [0.1, 0.15) is 44.9 Å². The fourth-order valence-electron chi connectivity index (χ4n) is 4.15. The molecule has 0 N–H and O–H groups in total. The first-order chi connectivity index (χ1) is 11.0. The van der Waals surface area contributed by atoms with E-state index >= 15 is 0 Å². The molecule has 5 nitrogen and oxygen atoms in total. The van der Waals surface area contributed by atoms with Gasteiger partial charge in [-0.25, -0.2) is 4.39 Å². The average molecular weight is 326 g/mol. The lowest BCUT2D eigenvalue weighted by Crippen LogP contribution is -2.50. The Morgan fingerprint density at radius 2 is 1.87 bits per heavy atom. The largest absolute Gasteiger partial charge is 0.383 e. The van der Waals surface area contributed by atoms with Crippen molar-refractivity contribution in [3.05, 3.63) is 0 Å². The number of carbonyl (C=O) groups is 2. The Morgan fingerprint density at radius 1 is 1.13 bits per heavy atom. The van der Waals surface area contributed by atoms with Crippen LogP contribution in [0.15, 0.2) is 0 Å². The van der Waals surface area contributed by atoms with Crippen LogP contribution in [0.25, 0.3) is 0 Å². The molecule has 3 fully saturated rings. The Balaban J connectivity index is 1.62. The highest BCUT2D eigenvalue weighted by Crippen LogP contribution is 2.43. The van der Waals surface area contributed by atoms with E-state index in [9.17, 15) is 14.0 Å². The Bertz CT molecular complexity index is 480. The molecule has 1 saturated carbocycles. The fraction of sp³-hybridized carbons (Fsp3) is 0.882. The highest BCUT2D eigenvalue weighted by molar-refractivity contribution is 5.87. The average Bonchev–Trinajstić information content (AvgIpc) is 2.71. The van der Waals surface area contributed by atoms with Crippen molar-refractivity contribution in [2.24, 2.45) is 5.41 Å². The second kappa shape index (κ2) is 6.38. The molecule has 1 spiro atoms. The van der Waals surface area contributed by atoms with Gasteiger partial charge in [-0.3, -0.25) is 9.59 Å². The van der Waals surface area contributed by atoms with Crippen LogP contribution in [0, 0.1) is 5.41 Å². The molecule has 0 aromatic carbocycles. The van der Waals surface area contributed by atoms with E-state index in [1.165, 1.54) is 0 Å². The third-order valence-corrected chi connectivity index (χ3v) is 5.93. The van der Waals surface area contributed by atoms with Crippen molar-refractivity contribution < 1.29 is 18.7 Å². The molecule has 2 aliphatic heterocycles. The van der Waals surface area contributed by atoms with Gasteiger partial charge in [0.25, 0.3) is 5.91 Å². The highest BCUT2D eigenvalue weighted by Gasteiger charge is 2.50. The van der Waals surface area contributed by atoms with Crippen molar-refractivity contribution in [2.45, 2.75) is 50.6 Å². The third-order valence-electron chi connectivity index (χ3n) is 5.93. The summed E-state index contributed by atoms with van der Waals surface area (Å²) in [7, 11) is 1.64. The lowest BCUT2D eigenvalue weighted by Gasteiger charge is -2.36. The Labute approximate surface area is 137 Å². The van der Waals surface area contributed by atoms with Gasteiger partial charge in [-0.05, 0) is 44.9 Å². The first-order valence-electron chi connectivity index (χ1n) is 8.77.